The molecule has 1 aromatic carbocycles. The quantitative estimate of drug-likeness (QED) is 0.852. The maximum absolute atomic E-state index is 6.06. The second-order valence-electron chi connectivity index (χ2n) is 5.19. The van der Waals surface area contributed by atoms with Crippen LogP contribution in [-0.2, 0) is 13.0 Å². The van der Waals surface area contributed by atoms with E-state index in [-0.39, 0.29) is 6.04 Å². The number of methoxy groups -OCH3 is 2. The Morgan fingerprint density at radius 3 is 2.57 bits per heavy atom. The third-order valence-electron chi connectivity index (χ3n) is 3.72. The number of aromatic nitrogens is 1. The molecule has 2 N–H and O–H groups in total. The van der Waals surface area contributed by atoms with E-state index in [1.54, 1.807) is 14.2 Å². The standard InChI is InChI=1S/C17H24N2O2/c1-4-14(18)11-15-6-5-9-19(15)12-13-7-8-16(20-2)17(10-13)21-3/h5-10,14H,4,11-12,18H2,1-3H3. The summed E-state index contributed by atoms with van der Waals surface area (Å²) in [6, 6.07) is 10.4. The minimum Gasteiger partial charge on any atom is -0.493 e. The lowest BCUT2D eigenvalue weighted by Crippen LogP contribution is -2.23. The van der Waals surface area contributed by atoms with Crippen LogP contribution in [0.15, 0.2) is 36.5 Å². The smallest absolute Gasteiger partial charge is 0.161 e. The zero-order chi connectivity index (χ0) is 15.2. The van der Waals surface area contributed by atoms with E-state index in [1.807, 2.05) is 12.1 Å². The molecule has 4 heteroatoms. The van der Waals surface area contributed by atoms with Gasteiger partial charge in [-0.3, -0.25) is 0 Å². The molecule has 0 saturated carbocycles. The molecule has 1 aromatic heterocycles. The second-order valence-corrected chi connectivity index (χ2v) is 5.19. The molecule has 2 rings (SSSR count). The van der Waals surface area contributed by atoms with E-state index in [0.29, 0.717) is 0 Å². The second kappa shape index (κ2) is 7.18. The predicted octanol–water partition coefficient (Wildman–Crippen LogP) is 2.83. The molecule has 0 fully saturated rings. The first kappa shape index (κ1) is 15.4. The highest BCUT2D eigenvalue weighted by Crippen LogP contribution is 2.28. The Morgan fingerprint density at radius 1 is 1.14 bits per heavy atom. The third kappa shape index (κ3) is 3.79. The van der Waals surface area contributed by atoms with Crippen molar-refractivity contribution in [3.8, 4) is 11.5 Å². The minimum atomic E-state index is 0.212. The Kier molecular flexibility index (Phi) is 5.28. The van der Waals surface area contributed by atoms with Crippen LogP contribution in [0.4, 0.5) is 0 Å². The average Bonchev–Trinajstić information content (AvgIpc) is 2.93. The summed E-state index contributed by atoms with van der Waals surface area (Å²) >= 11 is 0. The molecule has 0 bridgehead atoms. The molecule has 0 aliphatic heterocycles. The predicted molar refractivity (Wildman–Crippen MR) is 85.1 cm³/mol. The van der Waals surface area contributed by atoms with Crippen LogP contribution >= 0.6 is 0 Å². The van der Waals surface area contributed by atoms with Crippen molar-refractivity contribution < 1.29 is 9.47 Å². The molecule has 1 atom stereocenters. The van der Waals surface area contributed by atoms with E-state index in [0.717, 1.165) is 30.9 Å². The molecule has 0 spiro atoms. The van der Waals surface area contributed by atoms with Crippen LogP contribution in [0.2, 0.25) is 0 Å². The van der Waals surface area contributed by atoms with Gasteiger partial charge in [-0.15, -0.1) is 0 Å². The molecule has 1 unspecified atom stereocenters. The number of rotatable bonds is 7. The third-order valence-corrected chi connectivity index (χ3v) is 3.72. The highest BCUT2D eigenvalue weighted by atomic mass is 16.5. The molecule has 0 amide bonds. The lowest BCUT2D eigenvalue weighted by atomic mass is 10.1. The van der Waals surface area contributed by atoms with Crippen LogP contribution in [0.5, 0.6) is 11.5 Å². The fourth-order valence-corrected chi connectivity index (χ4v) is 2.38. The van der Waals surface area contributed by atoms with Crippen molar-refractivity contribution in [3.05, 3.63) is 47.8 Å². The van der Waals surface area contributed by atoms with Gasteiger partial charge in [0, 0.05) is 30.9 Å². The van der Waals surface area contributed by atoms with Crippen molar-refractivity contribution in [1.29, 1.82) is 0 Å². The minimum absolute atomic E-state index is 0.212. The zero-order valence-corrected chi connectivity index (χ0v) is 13.0. The largest absolute Gasteiger partial charge is 0.493 e. The summed E-state index contributed by atoms with van der Waals surface area (Å²) in [6.45, 7) is 2.92. The number of ether oxygens (including phenoxy) is 2. The number of nitrogens with two attached hydrogens (primary N) is 1. The monoisotopic (exact) mass is 288 g/mol. The molecule has 21 heavy (non-hydrogen) atoms. The first-order chi connectivity index (χ1) is 10.2. The van der Waals surface area contributed by atoms with Gasteiger partial charge in [-0.1, -0.05) is 13.0 Å². The number of hydrogen-bond acceptors (Lipinski definition) is 3. The van der Waals surface area contributed by atoms with Gasteiger partial charge in [0.25, 0.3) is 0 Å². The molecule has 114 valence electrons. The van der Waals surface area contributed by atoms with Crippen molar-refractivity contribution in [2.45, 2.75) is 32.4 Å². The number of hydrogen-bond donors (Lipinski definition) is 1. The number of nitrogens with zero attached hydrogens (tertiary/aromatic N) is 1. The SMILES string of the molecule is CCC(N)Cc1cccn1Cc1ccc(OC)c(OC)c1. The Morgan fingerprint density at radius 2 is 1.90 bits per heavy atom. The summed E-state index contributed by atoms with van der Waals surface area (Å²) in [7, 11) is 3.30. The van der Waals surface area contributed by atoms with E-state index in [2.05, 4.69) is 35.9 Å². The summed E-state index contributed by atoms with van der Waals surface area (Å²) in [5, 5.41) is 0. The zero-order valence-electron chi connectivity index (χ0n) is 13.0. The van der Waals surface area contributed by atoms with E-state index in [9.17, 15) is 0 Å². The van der Waals surface area contributed by atoms with Gasteiger partial charge in [0.05, 0.1) is 14.2 Å². The molecular weight excluding hydrogens is 264 g/mol. The van der Waals surface area contributed by atoms with E-state index < -0.39 is 0 Å². The first-order valence-corrected chi connectivity index (χ1v) is 7.28. The highest BCUT2D eigenvalue weighted by Gasteiger charge is 2.08. The van der Waals surface area contributed by atoms with Crippen molar-refractivity contribution in [2.24, 2.45) is 5.73 Å². The summed E-state index contributed by atoms with van der Waals surface area (Å²) in [5.41, 5.74) is 8.50. The van der Waals surface area contributed by atoms with Gasteiger partial charge >= 0.3 is 0 Å². The van der Waals surface area contributed by atoms with E-state index in [4.69, 9.17) is 15.2 Å². The lowest BCUT2D eigenvalue weighted by Gasteiger charge is -2.14. The fourth-order valence-electron chi connectivity index (χ4n) is 2.38. The average molecular weight is 288 g/mol. The maximum Gasteiger partial charge on any atom is 0.161 e. The molecule has 0 radical (unpaired) electrons. The summed E-state index contributed by atoms with van der Waals surface area (Å²) in [5.74, 6) is 1.51. The Hall–Kier alpha value is -1.94. The normalized spacial score (nSPS) is 12.2. The summed E-state index contributed by atoms with van der Waals surface area (Å²) < 4.78 is 12.9. The van der Waals surface area contributed by atoms with Gasteiger partial charge in [0.1, 0.15) is 0 Å². The van der Waals surface area contributed by atoms with Crippen LogP contribution in [0, 0.1) is 0 Å². The number of benzene rings is 1. The van der Waals surface area contributed by atoms with Gasteiger partial charge in [-0.2, -0.15) is 0 Å². The molecule has 4 nitrogen and oxygen atoms in total. The summed E-state index contributed by atoms with van der Waals surface area (Å²) in [6.07, 6.45) is 3.98. The highest BCUT2D eigenvalue weighted by molar-refractivity contribution is 5.43. The van der Waals surface area contributed by atoms with Crippen molar-refractivity contribution in [3.63, 3.8) is 0 Å². The van der Waals surface area contributed by atoms with Gasteiger partial charge in [-0.05, 0) is 36.2 Å². The molecular formula is C17H24N2O2. The molecule has 0 aliphatic rings. The lowest BCUT2D eigenvalue weighted by molar-refractivity contribution is 0.354. The Bertz CT molecular complexity index is 578. The van der Waals surface area contributed by atoms with Crippen molar-refractivity contribution in [2.75, 3.05) is 14.2 Å². The van der Waals surface area contributed by atoms with Crippen LogP contribution < -0.4 is 15.2 Å². The molecule has 0 saturated heterocycles. The topological polar surface area (TPSA) is 49.4 Å². The van der Waals surface area contributed by atoms with Crippen LogP contribution in [0.1, 0.15) is 24.6 Å². The van der Waals surface area contributed by atoms with Gasteiger partial charge < -0.3 is 19.8 Å². The van der Waals surface area contributed by atoms with Crippen molar-refractivity contribution in [1.82, 2.24) is 4.57 Å². The van der Waals surface area contributed by atoms with Crippen molar-refractivity contribution >= 4 is 0 Å². The van der Waals surface area contributed by atoms with Gasteiger partial charge in [0.2, 0.25) is 0 Å². The van der Waals surface area contributed by atoms with Crippen LogP contribution in [-0.4, -0.2) is 24.8 Å². The Labute approximate surface area is 126 Å². The van der Waals surface area contributed by atoms with Crippen LogP contribution in [0.3, 0.4) is 0 Å². The van der Waals surface area contributed by atoms with Crippen LogP contribution in [0.25, 0.3) is 0 Å². The molecule has 2 aromatic rings. The van der Waals surface area contributed by atoms with Gasteiger partial charge in [-0.25, -0.2) is 0 Å². The maximum atomic E-state index is 6.06. The van der Waals surface area contributed by atoms with E-state index in [1.165, 1.54) is 11.3 Å². The molecule has 0 aliphatic carbocycles. The summed E-state index contributed by atoms with van der Waals surface area (Å²) in [4.78, 5) is 0. The molecule has 1 heterocycles. The fraction of sp³-hybridized carbons (Fsp3) is 0.412. The Balaban J connectivity index is 2.17. The first-order valence-electron chi connectivity index (χ1n) is 7.28. The van der Waals surface area contributed by atoms with E-state index >= 15 is 0 Å². The van der Waals surface area contributed by atoms with Gasteiger partial charge in [0.15, 0.2) is 11.5 Å².